The summed E-state index contributed by atoms with van der Waals surface area (Å²) >= 11 is 9.71. The Balaban J connectivity index is 2.50. The fraction of sp³-hybridized carbons (Fsp3) is 0.667. The van der Waals surface area contributed by atoms with Gasteiger partial charge in [0.15, 0.2) is 0 Å². The molecule has 1 unspecified atom stereocenters. The summed E-state index contributed by atoms with van der Waals surface area (Å²) in [6.07, 6.45) is 10.4. The SMILES string of the molecule is CCCCCCCCC(NCCC)c1ccc(Cl)cc1Br. The molecule has 0 aliphatic heterocycles. The van der Waals surface area contributed by atoms with Gasteiger partial charge in [-0.05, 0) is 37.1 Å². The molecule has 0 aromatic heterocycles. The van der Waals surface area contributed by atoms with Gasteiger partial charge in [-0.1, -0.05) is 86.0 Å². The van der Waals surface area contributed by atoms with Crippen molar-refractivity contribution in [2.75, 3.05) is 6.54 Å². The summed E-state index contributed by atoms with van der Waals surface area (Å²) in [6.45, 7) is 5.55. The summed E-state index contributed by atoms with van der Waals surface area (Å²) in [5.74, 6) is 0. The molecule has 0 heterocycles. The molecule has 3 heteroatoms. The minimum absolute atomic E-state index is 0.433. The monoisotopic (exact) mass is 373 g/mol. The standard InChI is InChI=1S/C18H29BrClN/c1-3-5-6-7-8-9-10-18(21-13-4-2)16-12-11-15(20)14-17(16)19/h11-12,14,18,21H,3-10,13H2,1-2H3. The van der Waals surface area contributed by atoms with E-state index in [1.54, 1.807) is 0 Å². The van der Waals surface area contributed by atoms with Crippen LogP contribution in [-0.2, 0) is 0 Å². The third-order valence-corrected chi connectivity index (χ3v) is 4.75. The Hall–Kier alpha value is -0.0500. The number of benzene rings is 1. The minimum atomic E-state index is 0.433. The van der Waals surface area contributed by atoms with E-state index in [-0.39, 0.29) is 0 Å². The normalized spacial score (nSPS) is 12.6. The largest absolute Gasteiger partial charge is 0.310 e. The molecule has 1 aromatic carbocycles. The molecular formula is C18H29BrClN. The van der Waals surface area contributed by atoms with Crippen LogP contribution in [0.1, 0.15) is 76.8 Å². The predicted octanol–water partition coefficient (Wildman–Crippen LogP) is 6.89. The summed E-state index contributed by atoms with van der Waals surface area (Å²) in [5, 5.41) is 4.47. The van der Waals surface area contributed by atoms with Crippen molar-refractivity contribution >= 4 is 27.5 Å². The van der Waals surface area contributed by atoms with Crippen molar-refractivity contribution in [1.29, 1.82) is 0 Å². The Labute approximate surface area is 144 Å². The third-order valence-electron chi connectivity index (χ3n) is 3.83. The minimum Gasteiger partial charge on any atom is -0.310 e. The molecule has 120 valence electrons. The maximum Gasteiger partial charge on any atom is 0.0417 e. The molecule has 0 aliphatic carbocycles. The molecule has 0 saturated carbocycles. The van der Waals surface area contributed by atoms with Crippen molar-refractivity contribution in [3.05, 3.63) is 33.3 Å². The molecule has 0 saturated heterocycles. The lowest BCUT2D eigenvalue weighted by molar-refractivity contribution is 0.465. The van der Waals surface area contributed by atoms with Gasteiger partial charge in [0, 0.05) is 15.5 Å². The Bertz CT molecular complexity index is 395. The number of halogens is 2. The van der Waals surface area contributed by atoms with E-state index in [4.69, 9.17) is 11.6 Å². The van der Waals surface area contributed by atoms with E-state index in [9.17, 15) is 0 Å². The molecule has 1 aromatic rings. The van der Waals surface area contributed by atoms with Crippen LogP contribution in [0.4, 0.5) is 0 Å². The second-order valence-corrected chi connectivity index (χ2v) is 7.02. The highest BCUT2D eigenvalue weighted by Gasteiger charge is 2.13. The van der Waals surface area contributed by atoms with Gasteiger partial charge in [-0.2, -0.15) is 0 Å². The van der Waals surface area contributed by atoms with Crippen LogP contribution in [0.5, 0.6) is 0 Å². The lowest BCUT2D eigenvalue weighted by atomic mass is 9.99. The molecule has 1 rings (SSSR count). The van der Waals surface area contributed by atoms with E-state index in [2.05, 4.69) is 41.2 Å². The van der Waals surface area contributed by atoms with Crippen molar-refractivity contribution in [1.82, 2.24) is 5.32 Å². The highest BCUT2D eigenvalue weighted by molar-refractivity contribution is 9.10. The zero-order chi connectivity index (χ0) is 15.5. The van der Waals surface area contributed by atoms with Crippen molar-refractivity contribution in [3.8, 4) is 0 Å². The average molecular weight is 375 g/mol. The summed E-state index contributed by atoms with van der Waals surface area (Å²) in [6, 6.07) is 6.57. The van der Waals surface area contributed by atoms with Crippen molar-refractivity contribution in [2.45, 2.75) is 71.3 Å². The predicted molar refractivity (Wildman–Crippen MR) is 98.2 cm³/mol. The molecular weight excluding hydrogens is 346 g/mol. The quantitative estimate of drug-likeness (QED) is 0.416. The lowest BCUT2D eigenvalue weighted by Crippen LogP contribution is -2.22. The van der Waals surface area contributed by atoms with E-state index < -0.39 is 0 Å². The van der Waals surface area contributed by atoms with Gasteiger partial charge in [0.25, 0.3) is 0 Å². The smallest absolute Gasteiger partial charge is 0.0417 e. The number of hydrogen-bond acceptors (Lipinski definition) is 1. The number of hydrogen-bond donors (Lipinski definition) is 1. The first-order valence-corrected chi connectivity index (χ1v) is 9.54. The Kier molecular flexibility index (Phi) is 10.4. The number of unbranched alkanes of at least 4 members (excludes halogenated alkanes) is 5. The van der Waals surface area contributed by atoms with Crippen LogP contribution in [-0.4, -0.2) is 6.54 Å². The Morgan fingerprint density at radius 3 is 2.43 bits per heavy atom. The lowest BCUT2D eigenvalue weighted by Gasteiger charge is -2.20. The number of nitrogens with one attached hydrogen (secondary N) is 1. The molecule has 1 atom stereocenters. The van der Waals surface area contributed by atoms with E-state index in [1.807, 2.05) is 12.1 Å². The molecule has 21 heavy (non-hydrogen) atoms. The zero-order valence-corrected chi connectivity index (χ0v) is 15.8. The first-order valence-electron chi connectivity index (χ1n) is 8.37. The second-order valence-electron chi connectivity index (χ2n) is 5.73. The van der Waals surface area contributed by atoms with Crippen LogP contribution in [0, 0.1) is 0 Å². The maximum absolute atomic E-state index is 6.05. The van der Waals surface area contributed by atoms with Gasteiger partial charge < -0.3 is 5.32 Å². The highest BCUT2D eigenvalue weighted by Crippen LogP contribution is 2.29. The molecule has 0 aliphatic rings. The van der Waals surface area contributed by atoms with Crippen LogP contribution >= 0.6 is 27.5 Å². The van der Waals surface area contributed by atoms with Crippen molar-refractivity contribution in [3.63, 3.8) is 0 Å². The van der Waals surface area contributed by atoms with Gasteiger partial charge in [0.2, 0.25) is 0 Å². The van der Waals surface area contributed by atoms with Gasteiger partial charge in [-0.25, -0.2) is 0 Å². The summed E-state index contributed by atoms with van der Waals surface area (Å²) < 4.78 is 1.12. The Morgan fingerprint density at radius 2 is 1.76 bits per heavy atom. The van der Waals surface area contributed by atoms with Gasteiger partial charge in [0.05, 0.1) is 0 Å². The average Bonchev–Trinajstić information content (AvgIpc) is 2.46. The van der Waals surface area contributed by atoms with E-state index in [1.165, 1.54) is 50.5 Å². The molecule has 0 fully saturated rings. The van der Waals surface area contributed by atoms with Crippen LogP contribution in [0.15, 0.2) is 22.7 Å². The first kappa shape index (κ1) is 19.0. The molecule has 1 nitrogen and oxygen atoms in total. The summed E-state index contributed by atoms with van der Waals surface area (Å²) in [5.41, 5.74) is 1.33. The van der Waals surface area contributed by atoms with Gasteiger partial charge in [-0.3, -0.25) is 0 Å². The fourth-order valence-electron chi connectivity index (χ4n) is 2.60. The van der Waals surface area contributed by atoms with Crippen LogP contribution in [0.2, 0.25) is 5.02 Å². The van der Waals surface area contributed by atoms with Crippen LogP contribution < -0.4 is 5.32 Å². The van der Waals surface area contributed by atoms with Crippen LogP contribution in [0.25, 0.3) is 0 Å². The summed E-state index contributed by atoms with van der Waals surface area (Å²) in [7, 11) is 0. The molecule has 0 amide bonds. The summed E-state index contributed by atoms with van der Waals surface area (Å²) in [4.78, 5) is 0. The van der Waals surface area contributed by atoms with E-state index in [0.717, 1.165) is 22.5 Å². The molecule has 0 spiro atoms. The third kappa shape index (κ3) is 7.67. The van der Waals surface area contributed by atoms with Crippen LogP contribution in [0.3, 0.4) is 0 Å². The first-order chi connectivity index (χ1) is 10.2. The topological polar surface area (TPSA) is 12.0 Å². The Morgan fingerprint density at radius 1 is 1.05 bits per heavy atom. The molecule has 0 bridgehead atoms. The van der Waals surface area contributed by atoms with E-state index in [0.29, 0.717) is 6.04 Å². The second kappa shape index (κ2) is 11.5. The molecule has 1 N–H and O–H groups in total. The van der Waals surface area contributed by atoms with Gasteiger partial charge in [-0.15, -0.1) is 0 Å². The fourth-order valence-corrected chi connectivity index (χ4v) is 3.56. The molecule has 0 radical (unpaired) electrons. The van der Waals surface area contributed by atoms with E-state index >= 15 is 0 Å². The van der Waals surface area contributed by atoms with Crippen molar-refractivity contribution in [2.24, 2.45) is 0 Å². The maximum atomic E-state index is 6.05. The van der Waals surface area contributed by atoms with Gasteiger partial charge >= 0.3 is 0 Å². The zero-order valence-electron chi connectivity index (χ0n) is 13.4. The number of rotatable bonds is 11. The van der Waals surface area contributed by atoms with Gasteiger partial charge in [0.1, 0.15) is 0 Å². The van der Waals surface area contributed by atoms with Crippen molar-refractivity contribution < 1.29 is 0 Å². The highest BCUT2D eigenvalue weighted by atomic mass is 79.9.